The number of amides is 2. The summed E-state index contributed by atoms with van der Waals surface area (Å²) in [6, 6.07) is 6.75. The highest BCUT2D eigenvalue weighted by Gasteiger charge is 2.33. The monoisotopic (exact) mass is 273 g/mol. The first-order valence-corrected chi connectivity index (χ1v) is 6.43. The fraction of sp³-hybridized carbons (Fsp3) is 0.267. The minimum Gasteiger partial charge on any atom is -0.481 e. The average Bonchev–Trinajstić information content (AvgIpc) is 2.67. The summed E-state index contributed by atoms with van der Waals surface area (Å²) in [6.45, 7) is 0.222. The number of aliphatic carboxylic acids is 1. The van der Waals surface area contributed by atoms with Gasteiger partial charge in [-0.05, 0) is 25.0 Å². The summed E-state index contributed by atoms with van der Waals surface area (Å²) in [5.41, 5.74) is 0.883. The Bertz CT molecular complexity index is 542. The Morgan fingerprint density at radius 3 is 2.25 bits per heavy atom. The molecule has 0 spiro atoms. The average molecular weight is 273 g/mol. The molecule has 0 fully saturated rings. The molecule has 0 aliphatic carbocycles. The highest BCUT2D eigenvalue weighted by molar-refractivity contribution is 6.21. The zero-order valence-electron chi connectivity index (χ0n) is 10.9. The summed E-state index contributed by atoms with van der Waals surface area (Å²) in [7, 11) is 0. The molecule has 0 unspecified atom stereocenters. The fourth-order valence-corrected chi connectivity index (χ4v) is 2.07. The van der Waals surface area contributed by atoms with E-state index in [1.165, 1.54) is 4.90 Å². The van der Waals surface area contributed by atoms with Crippen LogP contribution in [0.25, 0.3) is 0 Å². The van der Waals surface area contributed by atoms with Crippen LogP contribution in [0.15, 0.2) is 36.4 Å². The molecule has 0 bridgehead atoms. The maximum atomic E-state index is 12.0. The maximum Gasteiger partial charge on any atom is 0.303 e. The van der Waals surface area contributed by atoms with Gasteiger partial charge in [-0.1, -0.05) is 24.3 Å². The van der Waals surface area contributed by atoms with Crippen LogP contribution in [-0.2, 0) is 4.79 Å². The number of carboxylic acids is 1. The Morgan fingerprint density at radius 1 is 1.10 bits per heavy atom. The van der Waals surface area contributed by atoms with E-state index in [0.717, 1.165) is 0 Å². The number of carboxylic acid groups (broad SMARTS) is 1. The van der Waals surface area contributed by atoms with Gasteiger partial charge in [-0.2, -0.15) is 0 Å². The number of hydrogen-bond donors (Lipinski definition) is 1. The molecular formula is C15H15NO4. The van der Waals surface area contributed by atoms with E-state index in [1.54, 1.807) is 36.4 Å². The molecule has 0 atom stereocenters. The smallest absolute Gasteiger partial charge is 0.303 e. The number of hydrogen-bond acceptors (Lipinski definition) is 3. The molecule has 5 heteroatoms. The quantitative estimate of drug-likeness (QED) is 0.489. The van der Waals surface area contributed by atoms with Crippen LogP contribution >= 0.6 is 0 Å². The molecule has 2 rings (SSSR count). The van der Waals surface area contributed by atoms with Crippen molar-refractivity contribution in [3.63, 3.8) is 0 Å². The number of carbonyl (C=O) groups excluding carboxylic acids is 2. The molecule has 2 amide bonds. The van der Waals surface area contributed by atoms with E-state index in [9.17, 15) is 14.4 Å². The Labute approximate surface area is 116 Å². The molecule has 1 aliphatic heterocycles. The Kier molecular flexibility index (Phi) is 4.30. The van der Waals surface area contributed by atoms with Crippen molar-refractivity contribution in [2.45, 2.75) is 19.3 Å². The lowest BCUT2D eigenvalue weighted by Crippen LogP contribution is -2.29. The van der Waals surface area contributed by atoms with Gasteiger partial charge >= 0.3 is 5.97 Å². The summed E-state index contributed by atoms with van der Waals surface area (Å²) < 4.78 is 0. The Balaban J connectivity index is 1.89. The van der Waals surface area contributed by atoms with Gasteiger partial charge in [0.1, 0.15) is 0 Å². The minimum absolute atomic E-state index is 0.122. The molecule has 1 aliphatic rings. The highest BCUT2D eigenvalue weighted by atomic mass is 16.4. The van der Waals surface area contributed by atoms with Gasteiger partial charge in [0, 0.05) is 13.0 Å². The Hall–Kier alpha value is -2.43. The van der Waals surface area contributed by atoms with Crippen LogP contribution in [0, 0.1) is 0 Å². The van der Waals surface area contributed by atoms with Crippen molar-refractivity contribution >= 4 is 17.8 Å². The van der Waals surface area contributed by atoms with E-state index in [1.807, 2.05) is 0 Å². The lowest BCUT2D eigenvalue weighted by atomic mass is 10.1. The zero-order chi connectivity index (χ0) is 14.5. The van der Waals surface area contributed by atoms with Crippen molar-refractivity contribution in [1.29, 1.82) is 0 Å². The maximum absolute atomic E-state index is 12.0. The summed E-state index contributed by atoms with van der Waals surface area (Å²) in [5, 5.41) is 8.49. The molecule has 1 heterocycles. The van der Waals surface area contributed by atoms with Crippen LogP contribution in [0.3, 0.4) is 0 Å². The predicted octanol–water partition coefficient (Wildman–Crippen LogP) is 2.09. The molecular weight excluding hydrogens is 258 g/mol. The van der Waals surface area contributed by atoms with Crippen LogP contribution in [0.2, 0.25) is 0 Å². The first-order valence-electron chi connectivity index (χ1n) is 6.43. The van der Waals surface area contributed by atoms with Crippen LogP contribution < -0.4 is 0 Å². The molecule has 1 aromatic carbocycles. The largest absolute Gasteiger partial charge is 0.481 e. The van der Waals surface area contributed by atoms with Crippen molar-refractivity contribution < 1.29 is 19.5 Å². The van der Waals surface area contributed by atoms with Gasteiger partial charge in [0.2, 0.25) is 0 Å². The second kappa shape index (κ2) is 6.14. The zero-order valence-corrected chi connectivity index (χ0v) is 10.9. The van der Waals surface area contributed by atoms with Crippen molar-refractivity contribution in [2.24, 2.45) is 0 Å². The number of fused-ring (bicyclic) bond motifs is 1. The summed E-state index contributed by atoms with van der Waals surface area (Å²) in [6.07, 6.45) is 4.82. The minimum atomic E-state index is -0.821. The van der Waals surface area contributed by atoms with Crippen molar-refractivity contribution in [2.75, 3.05) is 6.54 Å². The van der Waals surface area contributed by atoms with Gasteiger partial charge in [-0.25, -0.2) is 0 Å². The highest BCUT2D eigenvalue weighted by Crippen LogP contribution is 2.22. The Morgan fingerprint density at radius 2 is 1.70 bits per heavy atom. The van der Waals surface area contributed by atoms with Crippen molar-refractivity contribution in [1.82, 2.24) is 4.90 Å². The van der Waals surface area contributed by atoms with E-state index in [-0.39, 0.29) is 24.8 Å². The van der Waals surface area contributed by atoms with Crippen molar-refractivity contribution in [3.05, 3.63) is 47.5 Å². The molecule has 0 aromatic heterocycles. The summed E-state index contributed by atoms with van der Waals surface area (Å²) in [4.78, 5) is 35.5. The number of carbonyl (C=O) groups is 3. The number of imide groups is 1. The van der Waals surface area contributed by atoms with Gasteiger partial charge < -0.3 is 5.11 Å². The molecule has 0 saturated heterocycles. The third-order valence-corrected chi connectivity index (χ3v) is 3.09. The summed E-state index contributed by atoms with van der Waals surface area (Å²) in [5.74, 6) is -1.37. The van der Waals surface area contributed by atoms with E-state index in [0.29, 0.717) is 24.0 Å². The molecule has 20 heavy (non-hydrogen) atoms. The van der Waals surface area contributed by atoms with Crippen LogP contribution in [0.5, 0.6) is 0 Å². The van der Waals surface area contributed by atoms with Gasteiger partial charge in [0.25, 0.3) is 11.8 Å². The second-order valence-electron chi connectivity index (χ2n) is 4.52. The van der Waals surface area contributed by atoms with Crippen LogP contribution in [-0.4, -0.2) is 34.3 Å². The van der Waals surface area contributed by atoms with Gasteiger partial charge in [0.05, 0.1) is 11.1 Å². The standard InChI is InChI=1S/C15H15NO4/c17-13(18)9-3-1-2-6-10-16-14(19)11-7-4-5-8-12(11)15(16)20/h2,4-8H,1,3,9-10H2,(H,17,18)/b6-2-. The molecule has 0 saturated carbocycles. The SMILES string of the molecule is O=C(O)CCC/C=C\CN1C(=O)c2ccccc2C1=O. The normalized spacial score (nSPS) is 14.1. The topological polar surface area (TPSA) is 74.7 Å². The van der Waals surface area contributed by atoms with E-state index < -0.39 is 5.97 Å². The van der Waals surface area contributed by atoms with Gasteiger partial charge in [-0.3, -0.25) is 19.3 Å². The predicted molar refractivity (Wildman–Crippen MR) is 72.4 cm³/mol. The number of unbranched alkanes of at least 4 members (excludes halogenated alkanes) is 1. The first-order chi connectivity index (χ1) is 9.61. The van der Waals surface area contributed by atoms with Crippen LogP contribution in [0.1, 0.15) is 40.0 Å². The van der Waals surface area contributed by atoms with E-state index in [2.05, 4.69) is 0 Å². The lowest BCUT2D eigenvalue weighted by Gasteiger charge is -2.10. The molecule has 5 nitrogen and oxygen atoms in total. The second-order valence-corrected chi connectivity index (χ2v) is 4.52. The van der Waals surface area contributed by atoms with Crippen LogP contribution in [0.4, 0.5) is 0 Å². The van der Waals surface area contributed by atoms with Crippen molar-refractivity contribution in [3.8, 4) is 0 Å². The van der Waals surface area contributed by atoms with E-state index >= 15 is 0 Å². The third-order valence-electron chi connectivity index (χ3n) is 3.09. The number of allylic oxidation sites excluding steroid dienone is 1. The fourth-order valence-electron chi connectivity index (χ4n) is 2.07. The number of benzene rings is 1. The molecule has 104 valence electrons. The summed E-state index contributed by atoms with van der Waals surface area (Å²) >= 11 is 0. The van der Waals surface area contributed by atoms with Gasteiger partial charge in [0.15, 0.2) is 0 Å². The number of nitrogens with zero attached hydrogens (tertiary/aromatic N) is 1. The third kappa shape index (κ3) is 2.93. The molecule has 1 N–H and O–H groups in total. The first kappa shape index (κ1) is 14.0. The number of rotatable bonds is 6. The molecule has 0 radical (unpaired) electrons. The molecule has 1 aromatic rings. The van der Waals surface area contributed by atoms with E-state index in [4.69, 9.17) is 5.11 Å². The lowest BCUT2D eigenvalue weighted by molar-refractivity contribution is -0.137. The van der Waals surface area contributed by atoms with Gasteiger partial charge in [-0.15, -0.1) is 0 Å².